The van der Waals surface area contributed by atoms with E-state index in [4.69, 9.17) is 23.2 Å². The Bertz CT molecular complexity index is 481. The Balaban J connectivity index is 2.09. The van der Waals surface area contributed by atoms with Crippen molar-refractivity contribution in [3.63, 3.8) is 0 Å². The van der Waals surface area contributed by atoms with E-state index in [1.54, 1.807) is 23.1 Å². The molecule has 6 heteroatoms. The number of carbonyl (C=O) groups is 1. The van der Waals surface area contributed by atoms with E-state index in [1.807, 2.05) is 6.92 Å². The number of hydrogen-bond donors (Lipinski definition) is 2. The standard InChI is InChI=1S/C13H17Cl2N3O/c1-8-7-18(9(2)6-16-8)13(19)17-12-5-10(14)3-4-11(12)15/h3-5,8-9,16H,6-7H2,1-2H3,(H,17,19). The van der Waals surface area contributed by atoms with Gasteiger partial charge in [0.2, 0.25) is 0 Å². The molecule has 0 spiro atoms. The highest BCUT2D eigenvalue weighted by molar-refractivity contribution is 6.35. The second-order valence-corrected chi connectivity index (χ2v) is 5.71. The molecule has 2 atom stereocenters. The van der Waals surface area contributed by atoms with Crippen LogP contribution in [0.4, 0.5) is 10.5 Å². The highest BCUT2D eigenvalue weighted by atomic mass is 35.5. The van der Waals surface area contributed by atoms with Crippen molar-refractivity contribution in [1.82, 2.24) is 10.2 Å². The van der Waals surface area contributed by atoms with Crippen LogP contribution in [0.25, 0.3) is 0 Å². The fourth-order valence-corrected chi connectivity index (χ4v) is 2.42. The lowest BCUT2D eigenvalue weighted by molar-refractivity contribution is 0.162. The predicted molar refractivity (Wildman–Crippen MR) is 79.1 cm³/mol. The van der Waals surface area contributed by atoms with Crippen LogP contribution in [0.15, 0.2) is 18.2 Å². The average Bonchev–Trinajstić information content (AvgIpc) is 2.36. The molecule has 1 saturated heterocycles. The first-order chi connectivity index (χ1) is 8.97. The van der Waals surface area contributed by atoms with Gasteiger partial charge in [-0.15, -0.1) is 0 Å². The molecule has 1 aromatic carbocycles. The zero-order valence-electron chi connectivity index (χ0n) is 10.9. The molecular formula is C13H17Cl2N3O. The Morgan fingerprint density at radius 2 is 2.16 bits per heavy atom. The summed E-state index contributed by atoms with van der Waals surface area (Å²) in [4.78, 5) is 14.1. The number of benzene rings is 1. The molecule has 2 amide bonds. The van der Waals surface area contributed by atoms with Gasteiger partial charge in [0, 0.05) is 30.2 Å². The minimum atomic E-state index is -0.148. The summed E-state index contributed by atoms with van der Waals surface area (Å²) in [6.45, 7) is 5.53. The van der Waals surface area contributed by atoms with Crippen molar-refractivity contribution in [2.75, 3.05) is 18.4 Å². The third-order valence-corrected chi connectivity index (χ3v) is 3.76. The molecule has 2 N–H and O–H groups in total. The first-order valence-corrected chi connectivity index (χ1v) is 6.99. The van der Waals surface area contributed by atoms with Gasteiger partial charge in [-0.2, -0.15) is 0 Å². The van der Waals surface area contributed by atoms with Crippen LogP contribution in [0, 0.1) is 0 Å². The van der Waals surface area contributed by atoms with Crippen LogP contribution >= 0.6 is 23.2 Å². The van der Waals surface area contributed by atoms with Gasteiger partial charge in [0.1, 0.15) is 0 Å². The van der Waals surface area contributed by atoms with E-state index in [0.29, 0.717) is 22.3 Å². The van der Waals surface area contributed by atoms with Crippen LogP contribution in [0.5, 0.6) is 0 Å². The quantitative estimate of drug-likeness (QED) is 0.836. The lowest BCUT2D eigenvalue weighted by atomic mass is 10.1. The summed E-state index contributed by atoms with van der Waals surface area (Å²) >= 11 is 11.9. The Labute approximate surface area is 123 Å². The maximum absolute atomic E-state index is 12.3. The summed E-state index contributed by atoms with van der Waals surface area (Å²) < 4.78 is 0. The zero-order chi connectivity index (χ0) is 14.0. The average molecular weight is 302 g/mol. The lowest BCUT2D eigenvalue weighted by Gasteiger charge is -2.37. The first kappa shape index (κ1) is 14.4. The second-order valence-electron chi connectivity index (χ2n) is 4.86. The van der Waals surface area contributed by atoms with Gasteiger partial charge in [-0.3, -0.25) is 0 Å². The summed E-state index contributed by atoms with van der Waals surface area (Å²) in [6, 6.07) is 5.30. The number of carbonyl (C=O) groups excluding carboxylic acids is 1. The van der Waals surface area contributed by atoms with Crippen molar-refractivity contribution >= 4 is 34.9 Å². The number of rotatable bonds is 1. The molecule has 0 aromatic heterocycles. The molecular weight excluding hydrogens is 285 g/mol. The molecule has 0 saturated carbocycles. The van der Waals surface area contributed by atoms with E-state index >= 15 is 0 Å². The number of amides is 2. The van der Waals surface area contributed by atoms with Crippen LogP contribution in [0.3, 0.4) is 0 Å². The third kappa shape index (κ3) is 3.53. The van der Waals surface area contributed by atoms with Crippen LogP contribution in [0.2, 0.25) is 10.0 Å². The highest BCUT2D eigenvalue weighted by Gasteiger charge is 2.26. The topological polar surface area (TPSA) is 44.4 Å². The summed E-state index contributed by atoms with van der Waals surface area (Å²) in [7, 11) is 0. The predicted octanol–water partition coefficient (Wildman–Crippen LogP) is 3.21. The van der Waals surface area contributed by atoms with E-state index in [-0.39, 0.29) is 18.1 Å². The van der Waals surface area contributed by atoms with Gasteiger partial charge in [-0.05, 0) is 32.0 Å². The molecule has 2 rings (SSSR count). The molecule has 104 valence electrons. The smallest absolute Gasteiger partial charge is 0.319 e. The number of halogens is 2. The Morgan fingerprint density at radius 1 is 1.42 bits per heavy atom. The Hall–Kier alpha value is -0.970. The largest absolute Gasteiger partial charge is 0.322 e. The zero-order valence-corrected chi connectivity index (χ0v) is 12.4. The molecule has 2 unspecified atom stereocenters. The molecule has 1 aromatic rings. The van der Waals surface area contributed by atoms with Crippen molar-refractivity contribution in [2.45, 2.75) is 25.9 Å². The Kier molecular flexibility index (Phi) is 4.55. The highest BCUT2D eigenvalue weighted by Crippen LogP contribution is 2.26. The lowest BCUT2D eigenvalue weighted by Crippen LogP contribution is -2.57. The minimum Gasteiger partial charge on any atom is -0.319 e. The van der Waals surface area contributed by atoms with Crippen LogP contribution in [-0.4, -0.2) is 36.1 Å². The van der Waals surface area contributed by atoms with Crippen LogP contribution < -0.4 is 10.6 Å². The van der Waals surface area contributed by atoms with Gasteiger partial charge in [0.05, 0.1) is 10.7 Å². The number of piperazine rings is 1. The van der Waals surface area contributed by atoms with E-state index in [0.717, 1.165) is 6.54 Å². The van der Waals surface area contributed by atoms with Crippen molar-refractivity contribution in [3.05, 3.63) is 28.2 Å². The number of anilines is 1. The van der Waals surface area contributed by atoms with Crippen molar-refractivity contribution in [3.8, 4) is 0 Å². The van der Waals surface area contributed by atoms with Crippen molar-refractivity contribution < 1.29 is 4.79 Å². The maximum Gasteiger partial charge on any atom is 0.322 e. The van der Waals surface area contributed by atoms with Crippen molar-refractivity contribution in [2.24, 2.45) is 0 Å². The molecule has 0 aliphatic carbocycles. The molecule has 1 aliphatic rings. The molecule has 19 heavy (non-hydrogen) atoms. The van der Waals surface area contributed by atoms with Gasteiger partial charge in [-0.1, -0.05) is 23.2 Å². The fourth-order valence-electron chi connectivity index (χ4n) is 2.08. The van der Waals surface area contributed by atoms with Gasteiger partial charge in [0.15, 0.2) is 0 Å². The van der Waals surface area contributed by atoms with Gasteiger partial charge < -0.3 is 15.5 Å². The fraction of sp³-hybridized carbons (Fsp3) is 0.462. The van der Waals surface area contributed by atoms with E-state index in [9.17, 15) is 4.79 Å². The number of hydrogen-bond acceptors (Lipinski definition) is 2. The number of nitrogens with one attached hydrogen (secondary N) is 2. The first-order valence-electron chi connectivity index (χ1n) is 6.23. The summed E-state index contributed by atoms with van der Waals surface area (Å²) in [5.74, 6) is 0. The minimum absolute atomic E-state index is 0.147. The Morgan fingerprint density at radius 3 is 2.89 bits per heavy atom. The molecule has 1 aliphatic heterocycles. The molecule has 1 heterocycles. The number of urea groups is 1. The maximum atomic E-state index is 12.3. The summed E-state index contributed by atoms with van der Waals surface area (Å²) in [5, 5.41) is 7.17. The van der Waals surface area contributed by atoms with E-state index < -0.39 is 0 Å². The molecule has 4 nitrogen and oxygen atoms in total. The summed E-state index contributed by atoms with van der Waals surface area (Å²) in [5.41, 5.74) is 0.539. The van der Waals surface area contributed by atoms with E-state index in [1.165, 1.54) is 0 Å². The van der Waals surface area contributed by atoms with Gasteiger partial charge in [0.25, 0.3) is 0 Å². The summed E-state index contributed by atoms with van der Waals surface area (Å²) in [6.07, 6.45) is 0. The number of nitrogens with zero attached hydrogens (tertiary/aromatic N) is 1. The van der Waals surface area contributed by atoms with Crippen molar-refractivity contribution in [1.29, 1.82) is 0 Å². The monoisotopic (exact) mass is 301 g/mol. The third-order valence-electron chi connectivity index (χ3n) is 3.20. The van der Waals surface area contributed by atoms with E-state index in [2.05, 4.69) is 17.6 Å². The SMILES string of the molecule is CC1CN(C(=O)Nc2cc(Cl)ccc2Cl)C(C)CN1. The van der Waals surface area contributed by atoms with Gasteiger partial charge >= 0.3 is 6.03 Å². The van der Waals surface area contributed by atoms with Gasteiger partial charge in [-0.25, -0.2) is 4.79 Å². The normalized spacial score (nSPS) is 23.3. The molecule has 0 radical (unpaired) electrons. The second kappa shape index (κ2) is 5.99. The van der Waals surface area contributed by atoms with Crippen LogP contribution in [0.1, 0.15) is 13.8 Å². The molecule has 0 bridgehead atoms. The van der Waals surface area contributed by atoms with Crippen LogP contribution in [-0.2, 0) is 0 Å². The molecule has 1 fully saturated rings.